The molecule has 0 radical (unpaired) electrons. The standard InChI is InChI=1S/C26H30N6O2/c1-18-5-4-6-20(13-18)26(29-30(2)3)32-8-7-19(14-24(32)33)23-17-28-25-22(23)15-21(16-27-25)31-9-11-34-12-10-31/h4-8,13-17,26,29H,9-12H2,1-3H3,(H,27,28)/t26-/m0/s1. The molecule has 0 saturated carbocycles. The minimum absolute atomic E-state index is 0.0787. The van der Waals surface area contributed by atoms with E-state index >= 15 is 0 Å². The molecule has 176 valence electrons. The van der Waals surface area contributed by atoms with Gasteiger partial charge in [0.25, 0.3) is 5.56 Å². The number of hydrazine groups is 1. The fourth-order valence-electron chi connectivity index (χ4n) is 4.48. The number of nitrogens with zero attached hydrogens (tertiary/aromatic N) is 4. The van der Waals surface area contributed by atoms with Crippen LogP contribution >= 0.6 is 0 Å². The monoisotopic (exact) mass is 458 g/mol. The Bertz CT molecular complexity index is 1350. The number of pyridine rings is 2. The highest BCUT2D eigenvalue weighted by Gasteiger charge is 2.18. The van der Waals surface area contributed by atoms with Crippen molar-refractivity contribution in [2.24, 2.45) is 0 Å². The highest BCUT2D eigenvalue weighted by Crippen LogP contribution is 2.30. The number of anilines is 1. The number of aromatic nitrogens is 3. The van der Waals surface area contributed by atoms with Gasteiger partial charge < -0.3 is 14.6 Å². The van der Waals surface area contributed by atoms with Gasteiger partial charge in [-0.1, -0.05) is 29.8 Å². The molecular weight excluding hydrogens is 428 g/mol. The number of H-pyrrole nitrogens is 1. The molecule has 34 heavy (non-hydrogen) atoms. The van der Waals surface area contributed by atoms with Crippen LogP contribution in [0, 0.1) is 6.92 Å². The van der Waals surface area contributed by atoms with Crippen molar-refractivity contribution in [1.29, 1.82) is 0 Å². The maximum atomic E-state index is 13.3. The molecule has 0 amide bonds. The van der Waals surface area contributed by atoms with Gasteiger partial charge in [-0.3, -0.25) is 9.36 Å². The summed E-state index contributed by atoms with van der Waals surface area (Å²) in [4.78, 5) is 23.5. The molecule has 1 atom stereocenters. The number of ether oxygens (including phenoxy) is 1. The van der Waals surface area contributed by atoms with Gasteiger partial charge in [-0.05, 0) is 30.2 Å². The van der Waals surface area contributed by atoms with Crippen LogP contribution in [0.15, 0.2) is 65.8 Å². The van der Waals surface area contributed by atoms with Crippen LogP contribution in [0.2, 0.25) is 0 Å². The number of aromatic amines is 1. The molecule has 1 fully saturated rings. The molecule has 3 aromatic heterocycles. The van der Waals surface area contributed by atoms with E-state index in [1.165, 1.54) is 0 Å². The topological polar surface area (TPSA) is 78.4 Å². The molecule has 0 unspecified atom stereocenters. The Balaban J connectivity index is 1.52. The van der Waals surface area contributed by atoms with Gasteiger partial charge >= 0.3 is 0 Å². The van der Waals surface area contributed by atoms with Crippen molar-refractivity contribution in [3.8, 4) is 11.1 Å². The van der Waals surface area contributed by atoms with Crippen molar-refractivity contribution in [2.45, 2.75) is 13.1 Å². The lowest BCUT2D eigenvalue weighted by Crippen LogP contribution is -2.41. The zero-order valence-corrected chi connectivity index (χ0v) is 19.8. The number of nitrogens with one attached hydrogen (secondary N) is 2. The number of hydrogen-bond acceptors (Lipinski definition) is 6. The summed E-state index contributed by atoms with van der Waals surface area (Å²) in [5.74, 6) is 0. The van der Waals surface area contributed by atoms with E-state index in [2.05, 4.69) is 45.4 Å². The molecule has 8 heteroatoms. The molecule has 4 aromatic rings. The average molecular weight is 459 g/mol. The first-order chi connectivity index (χ1) is 16.5. The summed E-state index contributed by atoms with van der Waals surface area (Å²) in [7, 11) is 3.85. The van der Waals surface area contributed by atoms with E-state index in [9.17, 15) is 4.79 Å². The molecule has 0 aliphatic carbocycles. The maximum Gasteiger partial charge on any atom is 0.252 e. The maximum absolute atomic E-state index is 13.3. The van der Waals surface area contributed by atoms with Gasteiger partial charge in [0.1, 0.15) is 11.8 Å². The first-order valence-corrected chi connectivity index (χ1v) is 11.5. The highest BCUT2D eigenvalue weighted by molar-refractivity contribution is 5.95. The van der Waals surface area contributed by atoms with Crippen LogP contribution in [-0.4, -0.2) is 59.9 Å². The lowest BCUT2D eigenvalue weighted by molar-refractivity contribution is 0.122. The lowest BCUT2D eigenvalue weighted by Gasteiger charge is -2.28. The Kier molecular flexibility index (Phi) is 6.19. The summed E-state index contributed by atoms with van der Waals surface area (Å²) in [5, 5.41) is 2.87. The molecule has 1 saturated heterocycles. The molecule has 5 rings (SSSR count). The number of hydrogen-bond donors (Lipinski definition) is 2. The predicted octanol–water partition coefficient (Wildman–Crippen LogP) is 3.15. The van der Waals surface area contributed by atoms with Crippen LogP contribution in [0.3, 0.4) is 0 Å². The Morgan fingerprint density at radius 3 is 2.71 bits per heavy atom. The number of fused-ring (bicyclic) bond motifs is 1. The predicted molar refractivity (Wildman–Crippen MR) is 135 cm³/mol. The fourth-order valence-corrected chi connectivity index (χ4v) is 4.48. The summed E-state index contributed by atoms with van der Waals surface area (Å²) >= 11 is 0. The molecule has 0 bridgehead atoms. The molecule has 1 aromatic carbocycles. The number of rotatable bonds is 6. The van der Waals surface area contributed by atoms with Crippen molar-refractivity contribution in [3.05, 3.63) is 82.5 Å². The van der Waals surface area contributed by atoms with Gasteiger partial charge in [-0.25, -0.2) is 15.4 Å². The summed E-state index contributed by atoms with van der Waals surface area (Å²) in [5.41, 5.74) is 9.17. The SMILES string of the molecule is Cc1cccc([C@@H](NN(C)C)n2ccc(-c3c[nH]c4ncc(N5CCOCC5)cc34)cc2=O)c1. The van der Waals surface area contributed by atoms with Gasteiger partial charge in [-0.2, -0.15) is 0 Å². The summed E-state index contributed by atoms with van der Waals surface area (Å²) in [6.07, 6.45) is 5.37. The van der Waals surface area contributed by atoms with Crippen LogP contribution in [0.25, 0.3) is 22.2 Å². The van der Waals surface area contributed by atoms with E-state index in [0.717, 1.165) is 65.3 Å². The largest absolute Gasteiger partial charge is 0.378 e. The zero-order chi connectivity index (χ0) is 23.7. The second kappa shape index (κ2) is 9.42. The Morgan fingerprint density at radius 2 is 1.97 bits per heavy atom. The lowest BCUT2D eigenvalue weighted by atomic mass is 10.1. The van der Waals surface area contributed by atoms with Crippen LogP contribution in [0.5, 0.6) is 0 Å². The molecule has 2 N–H and O–H groups in total. The third-order valence-corrected chi connectivity index (χ3v) is 6.17. The van der Waals surface area contributed by atoms with Crippen LogP contribution in [0.1, 0.15) is 17.3 Å². The first kappa shape index (κ1) is 22.3. The quantitative estimate of drug-likeness (QED) is 0.432. The fraction of sp³-hybridized carbons (Fsp3) is 0.308. The van der Waals surface area contributed by atoms with Crippen LogP contribution in [-0.2, 0) is 4.74 Å². The molecule has 1 aliphatic heterocycles. The van der Waals surface area contributed by atoms with Crippen molar-refractivity contribution < 1.29 is 4.74 Å². The van der Waals surface area contributed by atoms with E-state index in [1.807, 2.05) is 55.9 Å². The van der Waals surface area contributed by atoms with Crippen molar-refractivity contribution in [2.75, 3.05) is 45.3 Å². The number of benzene rings is 1. The Morgan fingerprint density at radius 1 is 1.15 bits per heavy atom. The normalized spacial score (nSPS) is 15.2. The van der Waals surface area contributed by atoms with Gasteiger partial charge in [0, 0.05) is 56.6 Å². The molecule has 0 spiro atoms. The second-order valence-electron chi connectivity index (χ2n) is 8.89. The summed E-state index contributed by atoms with van der Waals surface area (Å²) < 4.78 is 7.21. The summed E-state index contributed by atoms with van der Waals surface area (Å²) in [6.45, 7) is 5.20. The van der Waals surface area contributed by atoms with E-state index in [-0.39, 0.29) is 11.7 Å². The van der Waals surface area contributed by atoms with Gasteiger partial charge in [0.05, 0.1) is 25.1 Å². The van der Waals surface area contributed by atoms with E-state index in [0.29, 0.717) is 0 Å². The smallest absolute Gasteiger partial charge is 0.252 e. The van der Waals surface area contributed by atoms with Gasteiger partial charge in [0.2, 0.25) is 0 Å². The molecule has 8 nitrogen and oxygen atoms in total. The highest BCUT2D eigenvalue weighted by atomic mass is 16.5. The summed E-state index contributed by atoms with van der Waals surface area (Å²) in [6, 6.07) is 14.0. The minimum atomic E-state index is -0.311. The van der Waals surface area contributed by atoms with Crippen LogP contribution in [0.4, 0.5) is 5.69 Å². The van der Waals surface area contributed by atoms with E-state index < -0.39 is 0 Å². The minimum Gasteiger partial charge on any atom is -0.378 e. The molecule has 1 aliphatic rings. The second-order valence-corrected chi connectivity index (χ2v) is 8.89. The third kappa shape index (κ3) is 4.48. The van der Waals surface area contributed by atoms with Gasteiger partial charge in [-0.15, -0.1) is 0 Å². The van der Waals surface area contributed by atoms with Crippen LogP contribution < -0.4 is 15.9 Å². The third-order valence-electron chi connectivity index (χ3n) is 6.17. The van der Waals surface area contributed by atoms with E-state index in [4.69, 9.17) is 4.74 Å². The number of aryl methyl sites for hydroxylation is 1. The van der Waals surface area contributed by atoms with E-state index in [1.54, 1.807) is 10.6 Å². The van der Waals surface area contributed by atoms with Crippen molar-refractivity contribution >= 4 is 16.7 Å². The van der Waals surface area contributed by atoms with Crippen molar-refractivity contribution in [3.63, 3.8) is 0 Å². The Hall–Kier alpha value is -3.46. The zero-order valence-electron chi connectivity index (χ0n) is 19.8. The average Bonchev–Trinajstić information content (AvgIpc) is 3.26. The number of morpholine rings is 1. The van der Waals surface area contributed by atoms with Gasteiger partial charge in [0.15, 0.2) is 0 Å². The molecule has 4 heterocycles. The first-order valence-electron chi connectivity index (χ1n) is 11.5. The Labute approximate surface area is 198 Å². The van der Waals surface area contributed by atoms with Crippen molar-refractivity contribution in [1.82, 2.24) is 25.0 Å². The molecular formula is C26H30N6O2.